The molecule has 8 rings (SSSR count). The maximum Gasteiger partial charge on any atom is 0.235 e. The van der Waals surface area contributed by atoms with Crippen molar-refractivity contribution in [3.8, 4) is 23.0 Å². The van der Waals surface area contributed by atoms with Crippen LogP contribution in [0.15, 0.2) is 115 Å². The van der Waals surface area contributed by atoms with Gasteiger partial charge in [0.1, 0.15) is 5.69 Å². The van der Waals surface area contributed by atoms with E-state index in [9.17, 15) is 0 Å². The lowest BCUT2D eigenvalue weighted by Crippen LogP contribution is -2.03. The molecule has 0 aliphatic rings. The molecule has 5 aromatic heterocycles. The van der Waals surface area contributed by atoms with Crippen molar-refractivity contribution in [2.45, 2.75) is 0 Å². The van der Waals surface area contributed by atoms with Gasteiger partial charge in [-0.2, -0.15) is 0 Å². The fourth-order valence-electron chi connectivity index (χ4n) is 5.33. The van der Waals surface area contributed by atoms with Crippen LogP contribution in [-0.2, 0) is 0 Å². The smallest absolute Gasteiger partial charge is 0.235 e. The van der Waals surface area contributed by atoms with Crippen LogP contribution in [0.4, 0.5) is 0 Å². The van der Waals surface area contributed by atoms with Gasteiger partial charge in [-0.25, -0.2) is 9.97 Å². The monoisotopic (exact) mass is 493 g/mol. The van der Waals surface area contributed by atoms with Crippen LogP contribution in [-0.4, -0.2) is 24.1 Å². The number of nitrogens with zero attached hydrogens (tertiary/aromatic N) is 5. The first-order chi connectivity index (χ1) is 18.4. The standard InChI is InChI=1S/C31H19N5S/c1-2-8-20(9-3-1)35-18-15-23-26(35)14-13-22-21-10-4-5-12-27(21)36(29(22)23)31-33-25-16-19-37-30(25)28(34-31)24-11-6-7-17-32-24/h1-19H. The second kappa shape index (κ2) is 7.85. The average Bonchev–Trinajstić information content (AvgIpc) is 3.69. The number of para-hydroxylation sites is 2. The van der Waals surface area contributed by atoms with Gasteiger partial charge in [0.05, 0.1) is 32.5 Å². The highest BCUT2D eigenvalue weighted by atomic mass is 32.1. The number of rotatable bonds is 3. The first-order valence-electron chi connectivity index (χ1n) is 12.1. The second-order valence-electron chi connectivity index (χ2n) is 8.99. The molecule has 5 nitrogen and oxygen atoms in total. The van der Waals surface area contributed by atoms with Crippen LogP contribution >= 0.6 is 11.3 Å². The summed E-state index contributed by atoms with van der Waals surface area (Å²) < 4.78 is 5.49. The molecule has 0 bridgehead atoms. The van der Waals surface area contributed by atoms with E-state index in [0.717, 1.165) is 49.2 Å². The summed E-state index contributed by atoms with van der Waals surface area (Å²) in [6.07, 6.45) is 3.95. The van der Waals surface area contributed by atoms with Crippen LogP contribution in [0.5, 0.6) is 0 Å². The Kier molecular flexibility index (Phi) is 4.32. The average molecular weight is 494 g/mol. The second-order valence-corrected chi connectivity index (χ2v) is 9.91. The van der Waals surface area contributed by atoms with E-state index in [-0.39, 0.29) is 0 Å². The third-order valence-corrected chi connectivity index (χ3v) is 7.85. The minimum atomic E-state index is 0.651. The molecule has 0 aliphatic carbocycles. The van der Waals surface area contributed by atoms with Crippen LogP contribution in [0.25, 0.3) is 65.9 Å². The van der Waals surface area contributed by atoms with Crippen molar-refractivity contribution in [2.24, 2.45) is 0 Å². The summed E-state index contributed by atoms with van der Waals surface area (Å²) in [7, 11) is 0. The van der Waals surface area contributed by atoms with Crippen molar-refractivity contribution in [1.82, 2.24) is 24.1 Å². The van der Waals surface area contributed by atoms with Crippen molar-refractivity contribution in [3.05, 3.63) is 115 Å². The van der Waals surface area contributed by atoms with E-state index >= 15 is 0 Å². The maximum atomic E-state index is 5.15. The molecule has 0 fully saturated rings. The normalized spacial score (nSPS) is 11.8. The molecular weight excluding hydrogens is 474 g/mol. The lowest BCUT2D eigenvalue weighted by Gasteiger charge is -2.10. The topological polar surface area (TPSA) is 48.5 Å². The third kappa shape index (κ3) is 3.00. The number of benzene rings is 3. The van der Waals surface area contributed by atoms with Gasteiger partial charge in [-0.3, -0.25) is 9.55 Å². The first kappa shape index (κ1) is 20.4. The summed E-state index contributed by atoms with van der Waals surface area (Å²) >= 11 is 1.65. The summed E-state index contributed by atoms with van der Waals surface area (Å²) in [6.45, 7) is 0. The summed E-state index contributed by atoms with van der Waals surface area (Å²) in [5, 5.41) is 5.59. The van der Waals surface area contributed by atoms with Gasteiger partial charge in [0.2, 0.25) is 5.95 Å². The van der Waals surface area contributed by atoms with E-state index in [1.165, 1.54) is 10.8 Å². The molecule has 174 valence electrons. The molecule has 0 N–H and O–H groups in total. The molecule has 0 amide bonds. The van der Waals surface area contributed by atoms with Gasteiger partial charge in [-0.1, -0.05) is 48.5 Å². The quantitative estimate of drug-likeness (QED) is 0.252. The summed E-state index contributed by atoms with van der Waals surface area (Å²) in [5.41, 5.74) is 7.09. The van der Waals surface area contributed by atoms with Crippen molar-refractivity contribution >= 4 is 54.3 Å². The minimum Gasteiger partial charge on any atom is -0.316 e. The van der Waals surface area contributed by atoms with Gasteiger partial charge >= 0.3 is 0 Å². The molecule has 0 atom stereocenters. The van der Waals surface area contributed by atoms with Gasteiger partial charge in [-0.15, -0.1) is 11.3 Å². The number of fused-ring (bicyclic) bond motifs is 6. The highest BCUT2D eigenvalue weighted by molar-refractivity contribution is 7.17. The number of aromatic nitrogens is 5. The van der Waals surface area contributed by atoms with Gasteiger partial charge < -0.3 is 4.57 Å². The molecule has 5 heterocycles. The Labute approximate surface area is 215 Å². The largest absolute Gasteiger partial charge is 0.316 e. The molecular formula is C31H19N5S. The van der Waals surface area contributed by atoms with E-state index in [2.05, 4.69) is 98.5 Å². The Morgan fingerprint density at radius 2 is 1.51 bits per heavy atom. The molecule has 0 unspecified atom stereocenters. The maximum absolute atomic E-state index is 5.15. The molecule has 0 radical (unpaired) electrons. The van der Waals surface area contributed by atoms with Crippen molar-refractivity contribution < 1.29 is 0 Å². The zero-order chi connectivity index (χ0) is 24.3. The zero-order valence-corrected chi connectivity index (χ0v) is 20.4. The molecule has 6 heteroatoms. The Morgan fingerprint density at radius 3 is 2.41 bits per heavy atom. The number of hydrogen-bond acceptors (Lipinski definition) is 4. The first-order valence-corrected chi connectivity index (χ1v) is 13.0. The predicted octanol–water partition coefficient (Wildman–Crippen LogP) is 7.79. The molecule has 3 aromatic carbocycles. The number of hydrogen-bond donors (Lipinski definition) is 0. The molecule has 0 saturated carbocycles. The highest BCUT2D eigenvalue weighted by Gasteiger charge is 2.20. The third-order valence-electron chi connectivity index (χ3n) is 6.94. The summed E-state index contributed by atoms with van der Waals surface area (Å²) in [5.74, 6) is 0.651. The fraction of sp³-hybridized carbons (Fsp3) is 0. The van der Waals surface area contributed by atoms with E-state index in [4.69, 9.17) is 9.97 Å². The zero-order valence-electron chi connectivity index (χ0n) is 19.6. The van der Waals surface area contributed by atoms with Gasteiger partial charge in [0.15, 0.2) is 0 Å². The van der Waals surface area contributed by atoms with E-state index < -0.39 is 0 Å². The number of thiophene rings is 1. The minimum absolute atomic E-state index is 0.651. The Morgan fingerprint density at radius 1 is 0.649 bits per heavy atom. The van der Waals surface area contributed by atoms with Gasteiger partial charge in [0, 0.05) is 34.2 Å². The lowest BCUT2D eigenvalue weighted by atomic mass is 10.1. The van der Waals surface area contributed by atoms with Crippen LogP contribution in [0.3, 0.4) is 0 Å². The lowest BCUT2D eigenvalue weighted by molar-refractivity contribution is 1.01. The van der Waals surface area contributed by atoms with Gasteiger partial charge in [-0.05, 0) is 53.9 Å². The number of pyridine rings is 1. The van der Waals surface area contributed by atoms with E-state index in [1.807, 2.05) is 30.5 Å². The van der Waals surface area contributed by atoms with Crippen LogP contribution in [0, 0.1) is 0 Å². The van der Waals surface area contributed by atoms with Crippen molar-refractivity contribution in [3.63, 3.8) is 0 Å². The SMILES string of the molecule is c1ccc(-n2ccc3c2ccc2c4ccccc4n(-c4nc(-c5ccccn5)c5sccc5n4)c23)cc1. The molecule has 0 spiro atoms. The van der Waals surface area contributed by atoms with Crippen LogP contribution in [0.2, 0.25) is 0 Å². The Bertz CT molecular complexity index is 2090. The van der Waals surface area contributed by atoms with Crippen molar-refractivity contribution in [2.75, 3.05) is 0 Å². The van der Waals surface area contributed by atoms with E-state index in [1.54, 1.807) is 11.3 Å². The summed E-state index contributed by atoms with van der Waals surface area (Å²) in [6, 6.07) is 33.6. The molecule has 8 aromatic rings. The Balaban J connectivity index is 1.50. The highest BCUT2D eigenvalue weighted by Crippen LogP contribution is 2.38. The Hall–Kier alpha value is -4.81. The van der Waals surface area contributed by atoms with E-state index in [0.29, 0.717) is 5.95 Å². The predicted molar refractivity (Wildman–Crippen MR) is 152 cm³/mol. The van der Waals surface area contributed by atoms with Gasteiger partial charge in [0.25, 0.3) is 0 Å². The molecule has 0 saturated heterocycles. The fourth-order valence-corrected chi connectivity index (χ4v) is 6.15. The van der Waals surface area contributed by atoms with Crippen LogP contribution < -0.4 is 0 Å². The molecule has 0 aliphatic heterocycles. The van der Waals surface area contributed by atoms with Crippen LogP contribution in [0.1, 0.15) is 0 Å². The molecule has 37 heavy (non-hydrogen) atoms. The summed E-state index contributed by atoms with van der Waals surface area (Å²) in [4.78, 5) is 14.8. The van der Waals surface area contributed by atoms with Crippen molar-refractivity contribution in [1.29, 1.82) is 0 Å².